The summed E-state index contributed by atoms with van der Waals surface area (Å²) in [4.78, 5) is 4.89. The van der Waals surface area contributed by atoms with Crippen molar-refractivity contribution < 1.29 is 5.11 Å². The zero-order chi connectivity index (χ0) is 14.5. The van der Waals surface area contributed by atoms with Gasteiger partial charge in [0.05, 0.1) is 6.10 Å². The van der Waals surface area contributed by atoms with Gasteiger partial charge in [-0.1, -0.05) is 31.5 Å². The zero-order valence-corrected chi connectivity index (χ0v) is 13.1. The Labute approximate surface area is 123 Å². The molecule has 1 heterocycles. The summed E-state index contributed by atoms with van der Waals surface area (Å²) in [6.45, 7) is 11.6. The van der Waals surface area contributed by atoms with Gasteiger partial charge in [0.2, 0.25) is 0 Å². The summed E-state index contributed by atoms with van der Waals surface area (Å²) in [7, 11) is 0. The summed E-state index contributed by atoms with van der Waals surface area (Å²) in [6.07, 6.45) is 1.81. The molecule has 1 atom stereocenters. The maximum absolute atomic E-state index is 9.92. The van der Waals surface area contributed by atoms with Crippen LogP contribution in [0.25, 0.3) is 0 Å². The van der Waals surface area contributed by atoms with Crippen molar-refractivity contribution in [2.24, 2.45) is 0 Å². The van der Waals surface area contributed by atoms with E-state index in [1.807, 2.05) is 0 Å². The minimum atomic E-state index is -0.160. The molecule has 2 rings (SSSR count). The van der Waals surface area contributed by atoms with E-state index in [1.165, 1.54) is 16.8 Å². The molecule has 20 heavy (non-hydrogen) atoms. The standard InChI is InChI=1S/C17H28N2O/c1-4-6-16(20)13-18-9-11-19(12-10-18)17-14(2)7-5-8-15(17)3/h5,7-8,16,20H,4,6,9-13H2,1-3H3. The number of anilines is 1. The summed E-state index contributed by atoms with van der Waals surface area (Å²) >= 11 is 0. The lowest BCUT2D eigenvalue weighted by Gasteiger charge is -2.38. The molecule has 0 aliphatic carbocycles. The second-order valence-electron chi connectivity index (χ2n) is 5.97. The first-order valence-electron chi connectivity index (χ1n) is 7.83. The number of aliphatic hydroxyl groups excluding tert-OH is 1. The third kappa shape index (κ3) is 3.74. The molecule has 3 nitrogen and oxygen atoms in total. The number of aliphatic hydroxyl groups is 1. The monoisotopic (exact) mass is 276 g/mol. The van der Waals surface area contributed by atoms with Crippen LogP contribution >= 0.6 is 0 Å². The summed E-state index contributed by atoms with van der Waals surface area (Å²) in [5, 5.41) is 9.92. The van der Waals surface area contributed by atoms with E-state index in [0.717, 1.165) is 45.6 Å². The molecule has 0 radical (unpaired) electrons. The Morgan fingerprint density at radius 2 is 1.70 bits per heavy atom. The first-order chi connectivity index (χ1) is 9.61. The van der Waals surface area contributed by atoms with Gasteiger partial charge in [-0.05, 0) is 31.4 Å². The smallest absolute Gasteiger partial charge is 0.0667 e. The van der Waals surface area contributed by atoms with E-state index >= 15 is 0 Å². The van der Waals surface area contributed by atoms with Crippen LogP contribution in [0.5, 0.6) is 0 Å². The Kier molecular flexibility index (Phi) is 5.44. The number of para-hydroxylation sites is 1. The average molecular weight is 276 g/mol. The number of hydrogen-bond donors (Lipinski definition) is 1. The normalized spacial score (nSPS) is 18.3. The molecule has 0 amide bonds. The molecule has 1 aromatic carbocycles. The van der Waals surface area contributed by atoms with Gasteiger partial charge in [-0.25, -0.2) is 0 Å². The molecule has 112 valence electrons. The maximum Gasteiger partial charge on any atom is 0.0667 e. The van der Waals surface area contributed by atoms with E-state index in [9.17, 15) is 5.11 Å². The lowest BCUT2D eigenvalue weighted by atomic mass is 10.1. The molecule has 0 spiro atoms. The minimum Gasteiger partial charge on any atom is -0.392 e. The lowest BCUT2D eigenvalue weighted by molar-refractivity contribution is 0.101. The highest BCUT2D eigenvalue weighted by Crippen LogP contribution is 2.25. The van der Waals surface area contributed by atoms with E-state index in [1.54, 1.807) is 0 Å². The Balaban J connectivity index is 1.91. The van der Waals surface area contributed by atoms with Gasteiger partial charge in [-0.3, -0.25) is 4.90 Å². The zero-order valence-electron chi connectivity index (χ0n) is 13.1. The summed E-state index contributed by atoms with van der Waals surface area (Å²) < 4.78 is 0. The highest BCUT2D eigenvalue weighted by Gasteiger charge is 2.20. The van der Waals surface area contributed by atoms with Crippen LogP contribution in [0, 0.1) is 13.8 Å². The predicted molar refractivity (Wildman–Crippen MR) is 85.5 cm³/mol. The molecule has 3 heteroatoms. The quantitative estimate of drug-likeness (QED) is 0.895. The second kappa shape index (κ2) is 7.09. The Morgan fingerprint density at radius 3 is 2.25 bits per heavy atom. The fourth-order valence-corrected chi connectivity index (χ4v) is 3.18. The van der Waals surface area contributed by atoms with Crippen LogP contribution in [0.15, 0.2) is 18.2 Å². The van der Waals surface area contributed by atoms with E-state index in [-0.39, 0.29) is 6.10 Å². The number of aryl methyl sites for hydroxylation is 2. The SMILES string of the molecule is CCCC(O)CN1CCN(c2c(C)cccc2C)CC1. The van der Waals surface area contributed by atoms with Crippen molar-refractivity contribution in [1.29, 1.82) is 0 Å². The Hall–Kier alpha value is -1.06. The number of piperazine rings is 1. The van der Waals surface area contributed by atoms with Crippen molar-refractivity contribution in [3.05, 3.63) is 29.3 Å². The van der Waals surface area contributed by atoms with Crippen LogP contribution in [-0.4, -0.2) is 48.8 Å². The van der Waals surface area contributed by atoms with Crippen LogP contribution in [0.4, 0.5) is 5.69 Å². The molecule has 1 aliphatic heterocycles. The molecule has 1 unspecified atom stereocenters. The minimum absolute atomic E-state index is 0.160. The third-order valence-corrected chi connectivity index (χ3v) is 4.22. The number of rotatable bonds is 5. The summed E-state index contributed by atoms with van der Waals surface area (Å²) in [6, 6.07) is 6.52. The van der Waals surface area contributed by atoms with Crippen LogP contribution in [0.3, 0.4) is 0 Å². The van der Waals surface area contributed by atoms with Crippen molar-refractivity contribution >= 4 is 5.69 Å². The van der Waals surface area contributed by atoms with E-state index in [0.29, 0.717) is 0 Å². The highest BCUT2D eigenvalue weighted by molar-refractivity contribution is 5.59. The number of benzene rings is 1. The summed E-state index contributed by atoms with van der Waals surface area (Å²) in [5.74, 6) is 0. The molecule has 1 aromatic rings. The Morgan fingerprint density at radius 1 is 1.10 bits per heavy atom. The van der Waals surface area contributed by atoms with E-state index in [4.69, 9.17) is 0 Å². The van der Waals surface area contributed by atoms with Crippen molar-refractivity contribution in [1.82, 2.24) is 4.90 Å². The largest absolute Gasteiger partial charge is 0.392 e. The van der Waals surface area contributed by atoms with Crippen molar-refractivity contribution in [3.8, 4) is 0 Å². The van der Waals surface area contributed by atoms with Crippen molar-refractivity contribution in [3.63, 3.8) is 0 Å². The highest BCUT2D eigenvalue weighted by atomic mass is 16.3. The van der Waals surface area contributed by atoms with Crippen LogP contribution in [-0.2, 0) is 0 Å². The fourth-order valence-electron chi connectivity index (χ4n) is 3.18. The second-order valence-corrected chi connectivity index (χ2v) is 5.97. The molecule has 1 fully saturated rings. The van der Waals surface area contributed by atoms with Gasteiger partial charge >= 0.3 is 0 Å². The van der Waals surface area contributed by atoms with E-state index in [2.05, 4.69) is 48.8 Å². The fraction of sp³-hybridized carbons (Fsp3) is 0.647. The molecular formula is C17H28N2O. The van der Waals surface area contributed by atoms with Crippen LogP contribution in [0.1, 0.15) is 30.9 Å². The average Bonchev–Trinajstić information content (AvgIpc) is 2.40. The molecule has 0 saturated carbocycles. The first kappa shape index (κ1) is 15.3. The third-order valence-electron chi connectivity index (χ3n) is 4.22. The van der Waals surface area contributed by atoms with Crippen molar-refractivity contribution in [2.75, 3.05) is 37.6 Å². The number of nitrogens with zero attached hydrogens (tertiary/aromatic N) is 2. The van der Waals surface area contributed by atoms with Crippen molar-refractivity contribution in [2.45, 2.75) is 39.7 Å². The molecular weight excluding hydrogens is 248 g/mol. The van der Waals surface area contributed by atoms with Gasteiger partial charge in [0.1, 0.15) is 0 Å². The Bertz CT molecular complexity index is 405. The van der Waals surface area contributed by atoms with Gasteiger partial charge in [0, 0.05) is 38.4 Å². The van der Waals surface area contributed by atoms with Crippen LogP contribution < -0.4 is 4.90 Å². The van der Waals surface area contributed by atoms with Gasteiger partial charge in [-0.15, -0.1) is 0 Å². The molecule has 0 aromatic heterocycles. The predicted octanol–water partition coefficient (Wildman–Crippen LogP) is 2.59. The van der Waals surface area contributed by atoms with Gasteiger partial charge in [0.15, 0.2) is 0 Å². The topological polar surface area (TPSA) is 26.7 Å². The maximum atomic E-state index is 9.92. The first-order valence-corrected chi connectivity index (χ1v) is 7.83. The molecule has 1 N–H and O–H groups in total. The molecule has 1 aliphatic rings. The molecule has 0 bridgehead atoms. The number of β-amino-alcohol motifs (C(OH)–C–C–N with tert-alkyl or cyclic N) is 1. The van der Waals surface area contributed by atoms with Gasteiger partial charge in [-0.2, -0.15) is 0 Å². The molecule has 1 saturated heterocycles. The van der Waals surface area contributed by atoms with Gasteiger partial charge in [0.25, 0.3) is 0 Å². The van der Waals surface area contributed by atoms with Crippen LogP contribution in [0.2, 0.25) is 0 Å². The van der Waals surface area contributed by atoms with E-state index < -0.39 is 0 Å². The lowest BCUT2D eigenvalue weighted by Crippen LogP contribution is -2.49. The van der Waals surface area contributed by atoms with Gasteiger partial charge < -0.3 is 10.0 Å². The summed E-state index contributed by atoms with van der Waals surface area (Å²) in [5.41, 5.74) is 4.13. The number of hydrogen-bond acceptors (Lipinski definition) is 3.